The molecule has 5 rings (SSSR count). The molecule has 1 aromatic carbocycles. The molecule has 180 valence electrons. The van der Waals surface area contributed by atoms with E-state index in [0.717, 1.165) is 36.0 Å². The molecule has 0 aliphatic heterocycles. The van der Waals surface area contributed by atoms with Gasteiger partial charge in [-0.25, -0.2) is 9.97 Å². The number of nitrogens with one attached hydrogen (secondary N) is 1. The smallest absolute Gasteiger partial charge is 0.261 e. The third-order valence-electron chi connectivity index (χ3n) is 6.32. The van der Waals surface area contributed by atoms with Crippen LogP contribution in [0, 0.1) is 0 Å². The van der Waals surface area contributed by atoms with E-state index in [9.17, 15) is 4.79 Å². The Bertz CT molecular complexity index is 1290. The lowest BCUT2D eigenvalue weighted by Gasteiger charge is -2.39. The van der Waals surface area contributed by atoms with Gasteiger partial charge in [0.15, 0.2) is 5.82 Å². The van der Waals surface area contributed by atoms with Crippen molar-refractivity contribution < 1.29 is 14.1 Å². The Hall–Kier alpha value is -4.12. The average molecular weight is 475 g/mol. The number of hydrogen-bond acceptors (Lipinski definition) is 9. The minimum absolute atomic E-state index is 0.0973. The molecule has 1 aliphatic rings. The molecular formula is C24H26N8O3. The summed E-state index contributed by atoms with van der Waals surface area (Å²) in [6.45, 7) is 1.01. The van der Waals surface area contributed by atoms with Gasteiger partial charge in [0, 0.05) is 37.8 Å². The Morgan fingerprint density at radius 1 is 1.14 bits per heavy atom. The largest absolute Gasteiger partial charge is 0.383 e. The van der Waals surface area contributed by atoms with Crippen molar-refractivity contribution in [3.8, 4) is 22.6 Å². The van der Waals surface area contributed by atoms with Gasteiger partial charge in [-0.1, -0.05) is 35.8 Å². The summed E-state index contributed by atoms with van der Waals surface area (Å²) in [6.07, 6.45) is 9.75. The van der Waals surface area contributed by atoms with E-state index in [1.165, 1.54) is 0 Å². The second-order valence-corrected chi connectivity index (χ2v) is 8.54. The molecule has 11 nitrogen and oxygen atoms in total. The van der Waals surface area contributed by atoms with Crippen molar-refractivity contribution in [2.45, 2.75) is 31.2 Å². The highest BCUT2D eigenvalue weighted by Gasteiger charge is 2.44. The van der Waals surface area contributed by atoms with Gasteiger partial charge >= 0.3 is 0 Å². The first-order valence-corrected chi connectivity index (χ1v) is 11.4. The average Bonchev–Trinajstić information content (AvgIpc) is 3.50. The Labute approximate surface area is 201 Å². The molecule has 0 bridgehead atoms. The van der Waals surface area contributed by atoms with E-state index in [1.807, 2.05) is 12.1 Å². The predicted molar refractivity (Wildman–Crippen MR) is 127 cm³/mol. The van der Waals surface area contributed by atoms with Crippen LogP contribution in [0.4, 0.5) is 5.95 Å². The molecule has 1 fully saturated rings. The van der Waals surface area contributed by atoms with E-state index in [0.29, 0.717) is 30.4 Å². The third-order valence-corrected chi connectivity index (χ3v) is 6.32. The van der Waals surface area contributed by atoms with Crippen LogP contribution in [0.15, 0.2) is 53.6 Å². The van der Waals surface area contributed by atoms with Crippen molar-refractivity contribution in [2.75, 3.05) is 26.0 Å². The topological polar surface area (TPSA) is 147 Å². The number of carbonyl (C=O) groups excluding carboxylic acids is 1. The van der Waals surface area contributed by atoms with E-state index in [1.54, 1.807) is 36.6 Å². The number of aromatic nitrogens is 6. The van der Waals surface area contributed by atoms with Crippen LogP contribution in [0.5, 0.6) is 0 Å². The summed E-state index contributed by atoms with van der Waals surface area (Å²) in [5.41, 5.74) is 9.03. The second-order valence-electron chi connectivity index (χ2n) is 8.54. The first kappa shape index (κ1) is 22.7. The summed E-state index contributed by atoms with van der Waals surface area (Å²) in [4.78, 5) is 24.9. The number of carbonyl (C=O) groups is 1. The van der Waals surface area contributed by atoms with E-state index in [2.05, 4.69) is 37.7 Å². The molecule has 35 heavy (non-hydrogen) atoms. The quantitative estimate of drug-likeness (QED) is 0.348. The number of benzene rings is 1. The molecule has 0 unspecified atom stereocenters. The zero-order chi connectivity index (χ0) is 24.3. The Morgan fingerprint density at radius 3 is 2.60 bits per heavy atom. The number of ether oxygens (including phenoxy) is 1. The van der Waals surface area contributed by atoms with Gasteiger partial charge in [-0.3, -0.25) is 9.48 Å². The van der Waals surface area contributed by atoms with Crippen LogP contribution in [-0.4, -0.2) is 56.1 Å². The molecule has 1 aliphatic carbocycles. The lowest BCUT2D eigenvalue weighted by Crippen LogP contribution is -2.36. The van der Waals surface area contributed by atoms with Crippen LogP contribution in [0.25, 0.3) is 22.6 Å². The zero-order valence-corrected chi connectivity index (χ0v) is 19.3. The van der Waals surface area contributed by atoms with Gasteiger partial charge in [-0.2, -0.15) is 10.1 Å². The minimum atomic E-state index is -0.283. The van der Waals surface area contributed by atoms with Gasteiger partial charge in [0.05, 0.1) is 23.8 Å². The molecule has 0 saturated heterocycles. The van der Waals surface area contributed by atoms with Gasteiger partial charge in [-0.05, 0) is 24.0 Å². The molecule has 3 aromatic heterocycles. The lowest BCUT2D eigenvalue weighted by atomic mass is 9.64. The van der Waals surface area contributed by atoms with Crippen LogP contribution >= 0.6 is 0 Å². The highest BCUT2D eigenvalue weighted by atomic mass is 16.5. The summed E-state index contributed by atoms with van der Waals surface area (Å²) >= 11 is 0. The second kappa shape index (κ2) is 9.63. The molecule has 0 atom stereocenters. The number of methoxy groups -OCH3 is 1. The normalized spacial score (nSPS) is 14.4. The van der Waals surface area contributed by atoms with Crippen LogP contribution in [0.2, 0.25) is 0 Å². The van der Waals surface area contributed by atoms with Crippen LogP contribution in [-0.2, 0) is 21.5 Å². The number of hydrogen-bond donors (Lipinski definition) is 2. The number of rotatable bonds is 9. The van der Waals surface area contributed by atoms with Gasteiger partial charge in [0.25, 0.3) is 5.89 Å². The fourth-order valence-corrected chi connectivity index (χ4v) is 4.23. The van der Waals surface area contributed by atoms with Crippen molar-refractivity contribution in [3.63, 3.8) is 0 Å². The van der Waals surface area contributed by atoms with Crippen LogP contribution in [0.1, 0.15) is 30.7 Å². The lowest BCUT2D eigenvalue weighted by molar-refractivity contribution is -0.122. The SMILES string of the molecule is COCCNC(=O)Cn1cc(-c2nc(C3(c4ccc(-c5cnc(N)nc5)cc4)CCC3)no2)cn1. The number of nitrogens with zero attached hydrogens (tertiary/aromatic N) is 6. The van der Waals surface area contributed by atoms with E-state index >= 15 is 0 Å². The van der Waals surface area contributed by atoms with E-state index in [-0.39, 0.29) is 23.8 Å². The highest BCUT2D eigenvalue weighted by Crippen LogP contribution is 2.48. The minimum Gasteiger partial charge on any atom is -0.383 e. The van der Waals surface area contributed by atoms with Crippen LogP contribution in [0.3, 0.4) is 0 Å². The molecule has 1 saturated carbocycles. The van der Waals surface area contributed by atoms with Crippen molar-refractivity contribution in [3.05, 3.63) is 60.4 Å². The van der Waals surface area contributed by atoms with Gasteiger partial charge < -0.3 is 20.3 Å². The van der Waals surface area contributed by atoms with Gasteiger partial charge in [0.1, 0.15) is 6.54 Å². The Balaban J connectivity index is 1.31. The summed E-state index contributed by atoms with van der Waals surface area (Å²) in [6, 6.07) is 8.29. The van der Waals surface area contributed by atoms with Gasteiger partial charge in [-0.15, -0.1) is 0 Å². The van der Waals surface area contributed by atoms with Crippen molar-refractivity contribution in [1.29, 1.82) is 0 Å². The standard InChI is InChI=1S/C24H26N8O3/c1-34-10-9-26-20(33)15-32-14-18(13-29-32)21-30-22(31-35-21)24(7-2-8-24)19-5-3-16(4-6-19)17-11-27-23(25)28-12-17/h3-6,11-14H,2,7-10,15H2,1H3,(H,26,33)(H2,25,27,28). The maximum atomic E-state index is 12.0. The molecule has 1 amide bonds. The summed E-state index contributed by atoms with van der Waals surface area (Å²) in [5, 5.41) is 11.3. The van der Waals surface area contributed by atoms with Crippen molar-refractivity contribution in [2.24, 2.45) is 0 Å². The third kappa shape index (κ3) is 4.62. The first-order chi connectivity index (χ1) is 17.1. The maximum absolute atomic E-state index is 12.0. The molecule has 11 heteroatoms. The Morgan fingerprint density at radius 2 is 1.91 bits per heavy atom. The molecule has 4 aromatic rings. The highest BCUT2D eigenvalue weighted by molar-refractivity contribution is 5.75. The summed E-state index contributed by atoms with van der Waals surface area (Å²) in [5.74, 6) is 1.15. The zero-order valence-electron chi connectivity index (χ0n) is 19.3. The summed E-state index contributed by atoms with van der Waals surface area (Å²) < 4.78 is 12.1. The van der Waals surface area contributed by atoms with E-state index < -0.39 is 0 Å². The first-order valence-electron chi connectivity index (χ1n) is 11.4. The fourth-order valence-electron chi connectivity index (χ4n) is 4.23. The number of anilines is 1. The molecule has 0 spiro atoms. The van der Waals surface area contributed by atoms with Crippen LogP contribution < -0.4 is 11.1 Å². The fraction of sp³-hybridized carbons (Fsp3) is 0.333. The Kier molecular flexibility index (Phi) is 6.23. The number of amides is 1. The van der Waals surface area contributed by atoms with Crippen molar-refractivity contribution in [1.82, 2.24) is 35.2 Å². The monoisotopic (exact) mass is 474 g/mol. The van der Waals surface area contributed by atoms with E-state index in [4.69, 9.17) is 20.0 Å². The predicted octanol–water partition coefficient (Wildman–Crippen LogP) is 2.20. The molecular weight excluding hydrogens is 448 g/mol. The molecule has 0 radical (unpaired) electrons. The summed E-state index contributed by atoms with van der Waals surface area (Å²) in [7, 11) is 1.59. The molecule has 3 N–H and O–H groups in total. The van der Waals surface area contributed by atoms with Crippen molar-refractivity contribution >= 4 is 11.9 Å². The van der Waals surface area contributed by atoms with Gasteiger partial charge in [0.2, 0.25) is 11.9 Å². The maximum Gasteiger partial charge on any atom is 0.261 e. The molecule has 3 heterocycles. The number of nitrogen functional groups attached to an aromatic ring is 1. The number of nitrogens with two attached hydrogens (primary N) is 1.